The predicted molar refractivity (Wildman–Crippen MR) is 261 cm³/mol. The van der Waals surface area contributed by atoms with Gasteiger partial charge in [-0.2, -0.15) is 0 Å². The van der Waals surface area contributed by atoms with Crippen LogP contribution in [0, 0.1) is 17.8 Å². The lowest BCUT2D eigenvalue weighted by atomic mass is 9.82. The number of allylic oxidation sites excluding steroid dienone is 12. The summed E-state index contributed by atoms with van der Waals surface area (Å²) in [6.07, 6.45) is 6.14. The topological polar surface area (TPSA) is 318 Å². The average Bonchev–Trinajstić information content (AvgIpc) is 3.31. The number of hydrogen-bond donors (Lipinski definition) is 11. The molecule has 0 amide bonds. The minimum absolute atomic E-state index is 0.101. The standard InChI is InChI=1S/C52H81NO18/c1-6-24-66-50(65)45-42(60)31-52(67-25-23-54)30-38(57)27-41(59)40(58)22-21-36(55)26-37(56)28-44(61)68-34(4)33(3)47(62)32(2)19-17-15-13-11-9-7-8-10-12-14-16-18-20-39(29-43(45)71-52)70-51-49(64)46(53)48(63)35(5)69-51/h6-20,32-43,45-49,51,54-60,62-64H,1,21-31,53H2,2-5H3/b8-7+,11-9+,12-10+,15-13+,16-14+,19-17+,20-18+/t32-,33-,34-,35+,36+,37+,38-,39-,40+,41+,42-,43-,45+,46-,47+,48+,49-,51-,52+/m0/s1. The molecule has 12 N–H and O–H groups in total. The summed E-state index contributed by atoms with van der Waals surface area (Å²) in [5.41, 5.74) is 6.11. The molecular formula is C52H81NO18. The lowest BCUT2D eigenvalue weighted by Crippen LogP contribution is -2.62. The highest BCUT2D eigenvalue weighted by atomic mass is 16.7. The van der Waals surface area contributed by atoms with Crippen molar-refractivity contribution >= 4 is 11.9 Å². The number of rotatable bonds is 8. The Morgan fingerprint density at radius 2 is 1.34 bits per heavy atom. The van der Waals surface area contributed by atoms with Crippen LogP contribution in [0.3, 0.4) is 0 Å². The van der Waals surface area contributed by atoms with Crippen molar-refractivity contribution in [2.24, 2.45) is 23.5 Å². The second-order valence-corrected chi connectivity index (χ2v) is 18.7. The molecule has 3 aliphatic heterocycles. The highest BCUT2D eigenvalue weighted by Crippen LogP contribution is 2.41. The number of aliphatic hydroxyl groups excluding tert-OH is 10. The predicted octanol–water partition coefficient (Wildman–Crippen LogP) is 1.37. The van der Waals surface area contributed by atoms with E-state index in [2.05, 4.69) is 6.58 Å². The van der Waals surface area contributed by atoms with Crippen molar-refractivity contribution < 1.29 is 89.1 Å². The summed E-state index contributed by atoms with van der Waals surface area (Å²) >= 11 is 0. The Kier molecular flexibility index (Phi) is 27.5. The van der Waals surface area contributed by atoms with Crippen LogP contribution in [0.2, 0.25) is 0 Å². The molecule has 19 atom stereocenters. The van der Waals surface area contributed by atoms with Gasteiger partial charge in [-0.15, -0.1) is 0 Å². The molecule has 3 heterocycles. The van der Waals surface area contributed by atoms with Gasteiger partial charge in [-0.3, -0.25) is 9.59 Å². The van der Waals surface area contributed by atoms with E-state index in [0.29, 0.717) is 0 Å². The first-order chi connectivity index (χ1) is 33.7. The summed E-state index contributed by atoms with van der Waals surface area (Å²) < 4.78 is 35.5. The van der Waals surface area contributed by atoms with E-state index in [1.54, 1.807) is 75.5 Å². The molecule has 0 radical (unpaired) electrons. The molecule has 19 nitrogen and oxygen atoms in total. The van der Waals surface area contributed by atoms with Crippen LogP contribution in [0.1, 0.15) is 79.1 Å². The van der Waals surface area contributed by atoms with E-state index >= 15 is 0 Å². The van der Waals surface area contributed by atoms with Gasteiger partial charge in [0.25, 0.3) is 0 Å². The van der Waals surface area contributed by atoms with Gasteiger partial charge in [0, 0.05) is 37.5 Å². The maximum atomic E-state index is 13.6. The Morgan fingerprint density at radius 1 is 0.732 bits per heavy atom. The van der Waals surface area contributed by atoms with E-state index < -0.39 is 154 Å². The Labute approximate surface area is 417 Å². The Bertz CT molecular complexity index is 1800. The third-order valence-electron chi connectivity index (χ3n) is 12.8. The summed E-state index contributed by atoms with van der Waals surface area (Å²) in [6.45, 7) is 9.32. The summed E-state index contributed by atoms with van der Waals surface area (Å²) in [5.74, 6) is -5.60. The molecule has 2 bridgehead atoms. The van der Waals surface area contributed by atoms with Gasteiger partial charge in [-0.1, -0.05) is 112 Å². The number of aliphatic hydroxyl groups is 10. The molecule has 0 unspecified atom stereocenters. The number of cyclic esters (lactones) is 1. The fourth-order valence-corrected chi connectivity index (χ4v) is 8.55. The van der Waals surface area contributed by atoms with Crippen LogP contribution in [-0.2, 0) is 38.0 Å². The number of carbonyl (C=O) groups is 2. The van der Waals surface area contributed by atoms with Crippen molar-refractivity contribution in [3.63, 3.8) is 0 Å². The SMILES string of the molecule is C=CCOC(=O)[C@H]1[C@@H]2C[C@@H](O[C@@H]3O[C@H](C)[C@@H](O)[C@H](N)[C@@H]3O)/C=C/C=C/C=C/C=C/C=C/C=C/C=C/[C@H](C)[C@@H](O)[C@@H](C)[C@H](C)OC(=O)C[C@H](O)C[C@H](O)CC[C@@H](O)[C@H](O)C[C@H](O)C[C@](OCCO)(C[C@@H]1O)O2. The lowest BCUT2D eigenvalue weighted by molar-refractivity contribution is -0.326. The third kappa shape index (κ3) is 21.0. The highest BCUT2D eigenvalue weighted by Gasteiger charge is 2.53. The maximum absolute atomic E-state index is 13.6. The number of fused-ring (bicyclic) bond motifs is 2. The molecule has 2 saturated heterocycles. The summed E-state index contributed by atoms with van der Waals surface area (Å²) in [5, 5.41) is 108. The van der Waals surface area contributed by atoms with Crippen LogP contribution in [0.5, 0.6) is 0 Å². The molecular weight excluding hydrogens is 927 g/mol. The molecule has 2 fully saturated rings. The van der Waals surface area contributed by atoms with E-state index in [9.17, 15) is 60.7 Å². The normalized spacial score (nSPS) is 42.5. The molecule has 0 aromatic heterocycles. The van der Waals surface area contributed by atoms with E-state index in [-0.39, 0.29) is 44.8 Å². The van der Waals surface area contributed by atoms with Gasteiger partial charge in [0.2, 0.25) is 0 Å². The molecule has 0 aliphatic carbocycles. The zero-order chi connectivity index (χ0) is 52.7. The van der Waals surface area contributed by atoms with E-state index in [1.807, 2.05) is 37.3 Å². The molecule has 3 aliphatic rings. The Balaban J connectivity index is 1.98. The van der Waals surface area contributed by atoms with Crippen LogP contribution in [0.25, 0.3) is 0 Å². The van der Waals surface area contributed by atoms with Crippen LogP contribution in [-0.4, -0.2) is 180 Å². The van der Waals surface area contributed by atoms with Crippen molar-refractivity contribution in [1.82, 2.24) is 0 Å². The van der Waals surface area contributed by atoms with Crippen molar-refractivity contribution in [2.75, 3.05) is 19.8 Å². The number of nitrogens with two attached hydrogens (primary N) is 1. The molecule has 3 rings (SSSR count). The van der Waals surface area contributed by atoms with Crippen LogP contribution < -0.4 is 5.73 Å². The monoisotopic (exact) mass is 1010 g/mol. The zero-order valence-electron chi connectivity index (χ0n) is 41.4. The largest absolute Gasteiger partial charge is 0.462 e. The fraction of sp³-hybridized carbons (Fsp3) is 0.654. The van der Waals surface area contributed by atoms with Gasteiger partial charge in [0.1, 0.15) is 24.7 Å². The lowest BCUT2D eigenvalue weighted by Gasteiger charge is -2.47. The van der Waals surface area contributed by atoms with Gasteiger partial charge < -0.3 is 85.2 Å². The van der Waals surface area contributed by atoms with E-state index in [1.165, 1.54) is 6.08 Å². The van der Waals surface area contributed by atoms with Crippen molar-refractivity contribution in [1.29, 1.82) is 0 Å². The van der Waals surface area contributed by atoms with Gasteiger partial charge in [0.05, 0.1) is 92.8 Å². The number of esters is 2. The number of carbonyl (C=O) groups excluding carboxylic acids is 2. The van der Waals surface area contributed by atoms with Crippen LogP contribution in [0.4, 0.5) is 0 Å². The Morgan fingerprint density at radius 3 is 1.94 bits per heavy atom. The third-order valence-corrected chi connectivity index (χ3v) is 12.8. The summed E-state index contributed by atoms with van der Waals surface area (Å²) in [6, 6.07) is -1.14. The van der Waals surface area contributed by atoms with Gasteiger partial charge >= 0.3 is 11.9 Å². The minimum Gasteiger partial charge on any atom is -0.462 e. The second-order valence-electron chi connectivity index (χ2n) is 18.7. The molecule has 0 aromatic rings. The van der Waals surface area contributed by atoms with E-state index in [0.717, 1.165) is 0 Å². The summed E-state index contributed by atoms with van der Waals surface area (Å²) in [4.78, 5) is 26.3. The molecule has 402 valence electrons. The van der Waals surface area contributed by atoms with E-state index in [4.69, 9.17) is 34.2 Å². The van der Waals surface area contributed by atoms with Gasteiger partial charge in [-0.25, -0.2) is 0 Å². The van der Waals surface area contributed by atoms with Crippen molar-refractivity contribution in [3.05, 3.63) is 97.7 Å². The maximum Gasteiger partial charge on any atom is 0.314 e. The second kappa shape index (κ2) is 31.8. The molecule has 0 saturated carbocycles. The molecule has 0 aromatic carbocycles. The van der Waals surface area contributed by atoms with Crippen molar-refractivity contribution in [2.45, 2.75) is 177 Å². The number of ether oxygens (including phenoxy) is 6. The fourth-order valence-electron chi connectivity index (χ4n) is 8.55. The Hall–Kier alpha value is -3.74. The first-order valence-electron chi connectivity index (χ1n) is 24.5. The quantitative estimate of drug-likeness (QED) is 0.121. The smallest absolute Gasteiger partial charge is 0.314 e. The minimum atomic E-state index is -1.90. The zero-order valence-corrected chi connectivity index (χ0v) is 41.4. The summed E-state index contributed by atoms with van der Waals surface area (Å²) in [7, 11) is 0. The van der Waals surface area contributed by atoms with Crippen LogP contribution >= 0.6 is 0 Å². The molecule has 0 spiro atoms. The van der Waals surface area contributed by atoms with Crippen molar-refractivity contribution in [3.8, 4) is 0 Å². The highest BCUT2D eigenvalue weighted by molar-refractivity contribution is 5.74. The first kappa shape index (κ1) is 61.6. The molecule has 71 heavy (non-hydrogen) atoms. The van der Waals surface area contributed by atoms with Gasteiger partial charge in [-0.05, 0) is 33.1 Å². The number of hydrogen-bond acceptors (Lipinski definition) is 19. The van der Waals surface area contributed by atoms with Gasteiger partial charge in [0.15, 0.2) is 12.1 Å². The molecule has 19 heteroatoms. The average molecular weight is 1010 g/mol. The first-order valence-corrected chi connectivity index (χ1v) is 24.5. The van der Waals surface area contributed by atoms with Crippen LogP contribution in [0.15, 0.2) is 97.7 Å².